The smallest absolute Gasteiger partial charge is 0.319 e. The van der Waals surface area contributed by atoms with Crippen molar-refractivity contribution in [1.82, 2.24) is 4.90 Å². The molecule has 2 fully saturated rings. The van der Waals surface area contributed by atoms with E-state index in [4.69, 9.17) is 10.5 Å². The van der Waals surface area contributed by atoms with Crippen molar-refractivity contribution >= 4 is 36.0 Å². The van der Waals surface area contributed by atoms with E-state index in [0.717, 1.165) is 11.1 Å². The summed E-state index contributed by atoms with van der Waals surface area (Å²) in [6, 6.07) is 18.9. The zero-order valence-electron chi connectivity index (χ0n) is 16.7. The molecular weight excluding hydrogens is 420 g/mol. The second-order valence-corrected chi connectivity index (χ2v) is 8.77. The van der Waals surface area contributed by atoms with Crippen LogP contribution in [-0.2, 0) is 14.3 Å². The molecule has 0 radical (unpaired) electrons. The van der Waals surface area contributed by atoms with E-state index in [-0.39, 0.29) is 36.2 Å². The standard InChI is InChI=1S/C23H24N2O3S.ClH/c1-15(2)23(13-25-20(26)18(24)21(25)29-14-23)22(27)28-19(16-9-5-3-6-10-16)17-11-7-4-8-12-17;/h3-12,18-19,21H,1,13-14,24H2,2H3;1H/t18?,21-,23?;/m1./s1. The minimum atomic E-state index is -0.946. The van der Waals surface area contributed by atoms with Crippen LogP contribution in [0, 0.1) is 5.41 Å². The fraction of sp³-hybridized carbons (Fsp3) is 0.304. The number of hydrogen-bond acceptors (Lipinski definition) is 5. The van der Waals surface area contributed by atoms with Gasteiger partial charge in [0.05, 0.1) is 0 Å². The molecule has 0 aromatic heterocycles. The molecule has 2 unspecified atom stereocenters. The number of halogens is 1. The summed E-state index contributed by atoms with van der Waals surface area (Å²) in [5, 5.41) is -0.0678. The molecule has 2 aromatic rings. The molecule has 2 saturated heterocycles. The van der Waals surface area contributed by atoms with Crippen LogP contribution in [-0.4, -0.2) is 40.5 Å². The van der Waals surface area contributed by atoms with E-state index in [1.165, 1.54) is 11.8 Å². The monoisotopic (exact) mass is 444 g/mol. The molecule has 1 amide bonds. The van der Waals surface area contributed by atoms with Crippen LogP contribution in [0.5, 0.6) is 0 Å². The summed E-state index contributed by atoms with van der Waals surface area (Å²) < 4.78 is 6.11. The highest BCUT2D eigenvalue weighted by Gasteiger charge is 2.56. The first-order valence-electron chi connectivity index (χ1n) is 9.59. The quantitative estimate of drug-likeness (QED) is 0.433. The minimum Gasteiger partial charge on any atom is -0.452 e. The van der Waals surface area contributed by atoms with E-state index in [1.807, 2.05) is 67.6 Å². The van der Waals surface area contributed by atoms with Crippen molar-refractivity contribution in [3.63, 3.8) is 0 Å². The van der Waals surface area contributed by atoms with E-state index in [1.54, 1.807) is 4.90 Å². The fourth-order valence-corrected chi connectivity index (χ4v) is 5.43. The molecule has 2 heterocycles. The van der Waals surface area contributed by atoms with Gasteiger partial charge in [0.2, 0.25) is 5.91 Å². The van der Waals surface area contributed by atoms with Crippen LogP contribution in [0.15, 0.2) is 72.8 Å². The van der Waals surface area contributed by atoms with E-state index in [2.05, 4.69) is 6.58 Å². The number of nitrogens with zero attached hydrogens (tertiary/aromatic N) is 1. The van der Waals surface area contributed by atoms with Gasteiger partial charge < -0.3 is 15.4 Å². The number of amides is 1. The average molecular weight is 445 g/mol. The number of ether oxygens (including phenoxy) is 1. The Kier molecular flexibility index (Phi) is 6.60. The maximum absolute atomic E-state index is 13.5. The predicted molar refractivity (Wildman–Crippen MR) is 121 cm³/mol. The molecule has 0 aliphatic carbocycles. The number of benzene rings is 2. The van der Waals surface area contributed by atoms with Gasteiger partial charge >= 0.3 is 5.97 Å². The van der Waals surface area contributed by atoms with E-state index >= 15 is 0 Å². The molecule has 2 aromatic carbocycles. The van der Waals surface area contributed by atoms with Crippen LogP contribution in [0.25, 0.3) is 0 Å². The Labute approximate surface area is 187 Å². The van der Waals surface area contributed by atoms with Gasteiger partial charge in [-0.15, -0.1) is 24.2 Å². The van der Waals surface area contributed by atoms with Gasteiger partial charge in [0.25, 0.3) is 0 Å². The Balaban J connectivity index is 0.00000256. The van der Waals surface area contributed by atoms with Gasteiger partial charge in [0.15, 0.2) is 6.10 Å². The molecular formula is C23H25ClN2O3S. The van der Waals surface area contributed by atoms with Gasteiger partial charge in [-0.05, 0) is 18.1 Å². The second-order valence-electron chi connectivity index (χ2n) is 7.66. The molecule has 4 rings (SSSR count). The SMILES string of the molecule is C=C(C)C1(C(=O)OC(c2ccccc2)c2ccccc2)CS[C@@H]2C(N)C(=O)N2C1.Cl. The number of β-lactam (4-membered cyclic amide) rings is 1. The first-order chi connectivity index (χ1) is 13.9. The summed E-state index contributed by atoms with van der Waals surface area (Å²) in [7, 11) is 0. The molecule has 5 nitrogen and oxygen atoms in total. The van der Waals surface area contributed by atoms with Crippen LogP contribution in [0.4, 0.5) is 0 Å². The zero-order chi connectivity index (χ0) is 20.6. The fourth-order valence-electron chi connectivity index (χ4n) is 3.84. The van der Waals surface area contributed by atoms with E-state index in [9.17, 15) is 9.59 Å². The van der Waals surface area contributed by atoms with Gasteiger partial charge in [0.1, 0.15) is 16.8 Å². The van der Waals surface area contributed by atoms with Gasteiger partial charge in [0, 0.05) is 12.3 Å². The Morgan fingerprint density at radius 3 is 2.20 bits per heavy atom. The van der Waals surface area contributed by atoms with Crippen LogP contribution in [0.2, 0.25) is 0 Å². The van der Waals surface area contributed by atoms with Gasteiger partial charge in [-0.25, -0.2) is 0 Å². The Bertz CT molecular complexity index is 900. The number of thioether (sulfide) groups is 1. The van der Waals surface area contributed by atoms with Crippen molar-refractivity contribution in [2.75, 3.05) is 12.3 Å². The molecule has 7 heteroatoms. The first-order valence-corrected chi connectivity index (χ1v) is 10.6. The molecule has 3 atom stereocenters. The summed E-state index contributed by atoms with van der Waals surface area (Å²) in [4.78, 5) is 27.4. The van der Waals surface area contributed by atoms with Crippen molar-refractivity contribution in [3.05, 3.63) is 83.9 Å². The highest BCUT2D eigenvalue weighted by atomic mass is 35.5. The molecule has 0 spiro atoms. The Morgan fingerprint density at radius 1 is 1.17 bits per heavy atom. The number of esters is 1. The van der Waals surface area contributed by atoms with Crippen LogP contribution >= 0.6 is 24.2 Å². The minimum absolute atomic E-state index is 0. The second kappa shape index (κ2) is 8.84. The maximum atomic E-state index is 13.5. The highest BCUT2D eigenvalue weighted by molar-refractivity contribution is 8.00. The van der Waals surface area contributed by atoms with E-state index in [0.29, 0.717) is 11.3 Å². The van der Waals surface area contributed by atoms with Gasteiger partial charge in [-0.3, -0.25) is 9.59 Å². The Morgan fingerprint density at radius 2 is 1.70 bits per heavy atom. The summed E-state index contributed by atoms with van der Waals surface area (Å²) in [5.74, 6) is 0.0183. The zero-order valence-corrected chi connectivity index (χ0v) is 18.3. The van der Waals surface area contributed by atoms with Gasteiger partial charge in [-0.2, -0.15) is 0 Å². The van der Waals surface area contributed by atoms with Crippen molar-refractivity contribution in [2.45, 2.75) is 24.4 Å². The lowest BCUT2D eigenvalue weighted by atomic mass is 9.81. The van der Waals surface area contributed by atoms with Crippen molar-refractivity contribution < 1.29 is 14.3 Å². The number of carbonyl (C=O) groups excluding carboxylic acids is 2. The van der Waals surface area contributed by atoms with Gasteiger partial charge in [-0.1, -0.05) is 72.8 Å². The predicted octanol–water partition coefficient (Wildman–Crippen LogP) is 3.55. The third-order valence-electron chi connectivity index (χ3n) is 5.76. The average Bonchev–Trinajstić information content (AvgIpc) is 2.77. The molecule has 0 saturated carbocycles. The molecule has 2 aliphatic heterocycles. The Hall–Kier alpha value is -2.28. The third kappa shape index (κ3) is 3.75. The molecule has 2 aliphatic rings. The lowest BCUT2D eigenvalue weighted by Gasteiger charge is -2.53. The lowest BCUT2D eigenvalue weighted by molar-refractivity contribution is -0.162. The van der Waals surface area contributed by atoms with Crippen molar-refractivity contribution in [1.29, 1.82) is 0 Å². The highest BCUT2D eigenvalue weighted by Crippen LogP contribution is 2.46. The topological polar surface area (TPSA) is 72.6 Å². The maximum Gasteiger partial charge on any atom is 0.319 e. The number of carbonyl (C=O) groups is 2. The van der Waals surface area contributed by atoms with E-state index < -0.39 is 17.6 Å². The number of rotatable bonds is 5. The largest absolute Gasteiger partial charge is 0.452 e. The van der Waals surface area contributed by atoms with Crippen LogP contribution < -0.4 is 5.73 Å². The first kappa shape index (κ1) is 22.4. The van der Waals surface area contributed by atoms with Crippen LogP contribution in [0.1, 0.15) is 24.2 Å². The number of fused-ring (bicyclic) bond motifs is 1. The van der Waals surface area contributed by atoms with Crippen molar-refractivity contribution in [3.8, 4) is 0 Å². The van der Waals surface area contributed by atoms with Crippen LogP contribution in [0.3, 0.4) is 0 Å². The number of nitrogens with two attached hydrogens (primary N) is 1. The third-order valence-corrected chi connectivity index (χ3v) is 7.31. The lowest BCUT2D eigenvalue weighted by Crippen LogP contribution is -2.72. The van der Waals surface area contributed by atoms with Crippen molar-refractivity contribution in [2.24, 2.45) is 11.1 Å². The normalized spacial score (nSPS) is 25.0. The number of hydrogen-bond donors (Lipinski definition) is 1. The summed E-state index contributed by atoms with van der Waals surface area (Å²) in [5.41, 5.74) is 7.44. The molecule has 158 valence electrons. The molecule has 0 bridgehead atoms. The summed E-state index contributed by atoms with van der Waals surface area (Å²) in [6.45, 7) is 6.16. The molecule has 2 N–H and O–H groups in total. The summed E-state index contributed by atoms with van der Waals surface area (Å²) in [6.07, 6.45) is -0.529. The molecule has 30 heavy (non-hydrogen) atoms. The summed E-state index contributed by atoms with van der Waals surface area (Å²) >= 11 is 1.53.